The standard InChI is InChI=1S/C20H22FNO4/c1-25-18-6-4-3-5-15(18)9-12-19(23)22-17(13-20(24)26-2)14-7-10-16(21)11-8-14/h3-8,10-11,17H,9,12-13H2,1-2H3,(H,22,23). The van der Waals surface area contributed by atoms with E-state index in [-0.39, 0.29) is 24.6 Å². The maximum atomic E-state index is 13.1. The van der Waals surface area contributed by atoms with Gasteiger partial charge < -0.3 is 14.8 Å². The first kappa shape index (κ1) is 19.4. The number of para-hydroxylation sites is 1. The summed E-state index contributed by atoms with van der Waals surface area (Å²) < 4.78 is 23.1. The number of hydrogen-bond donors (Lipinski definition) is 1. The Kier molecular flexibility index (Phi) is 7.14. The third kappa shape index (κ3) is 5.58. The first-order valence-electron chi connectivity index (χ1n) is 8.27. The van der Waals surface area contributed by atoms with Gasteiger partial charge in [-0.3, -0.25) is 9.59 Å². The van der Waals surface area contributed by atoms with Gasteiger partial charge in [-0.1, -0.05) is 30.3 Å². The third-order valence-corrected chi connectivity index (χ3v) is 4.02. The molecule has 1 amide bonds. The Morgan fingerprint density at radius 3 is 2.42 bits per heavy atom. The highest BCUT2D eigenvalue weighted by Gasteiger charge is 2.19. The number of nitrogens with one attached hydrogen (secondary N) is 1. The minimum Gasteiger partial charge on any atom is -0.496 e. The van der Waals surface area contributed by atoms with E-state index in [2.05, 4.69) is 10.1 Å². The van der Waals surface area contributed by atoms with Crippen molar-refractivity contribution in [3.63, 3.8) is 0 Å². The zero-order valence-electron chi connectivity index (χ0n) is 14.8. The lowest BCUT2D eigenvalue weighted by molar-refractivity contribution is -0.141. The van der Waals surface area contributed by atoms with Gasteiger partial charge in [0.2, 0.25) is 5.91 Å². The molecule has 2 aromatic rings. The van der Waals surface area contributed by atoms with Crippen LogP contribution in [-0.4, -0.2) is 26.1 Å². The molecule has 26 heavy (non-hydrogen) atoms. The molecule has 0 saturated carbocycles. The normalized spacial score (nSPS) is 11.5. The van der Waals surface area contributed by atoms with Crippen LogP contribution in [0, 0.1) is 5.82 Å². The Labute approximate surface area is 152 Å². The molecule has 1 atom stereocenters. The van der Waals surface area contributed by atoms with Gasteiger partial charge in [0.25, 0.3) is 0 Å². The summed E-state index contributed by atoms with van der Waals surface area (Å²) in [6.45, 7) is 0. The fourth-order valence-electron chi connectivity index (χ4n) is 2.62. The predicted octanol–water partition coefficient (Wildman–Crippen LogP) is 3.19. The quantitative estimate of drug-likeness (QED) is 0.735. The number of methoxy groups -OCH3 is 2. The van der Waals surface area contributed by atoms with E-state index in [1.165, 1.54) is 19.2 Å². The summed E-state index contributed by atoms with van der Waals surface area (Å²) >= 11 is 0. The number of esters is 1. The molecule has 0 aliphatic carbocycles. The van der Waals surface area contributed by atoms with Crippen LogP contribution in [0.3, 0.4) is 0 Å². The van der Waals surface area contributed by atoms with Crippen molar-refractivity contribution < 1.29 is 23.5 Å². The largest absolute Gasteiger partial charge is 0.496 e. The molecule has 1 N–H and O–H groups in total. The van der Waals surface area contributed by atoms with Crippen LogP contribution in [-0.2, 0) is 20.7 Å². The number of benzene rings is 2. The van der Waals surface area contributed by atoms with Crippen LogP contribution in [0.4, 0.5) is 4.39 Å². The lowest BCUT2D eigenvalue weighted by Gasteiger charge is -2.18. The van der Waals surface area contributed by atoms with Crippen molar-refractivity contribution in [1.82, 2.24) is 5.32 Å². The summed E-state index contributed by atoms with van der Waals surface area (Å²) in [5.74, 6) is -0.323. The summed E-state index contributed by atoms with van der Waals surface area (Å²) in [7, 11) is 2.87. The molecule has 5 nitrogen and oxygen atoms in total. The maximum absolute atomic E-state index is 13.1. The molecule has 0 fully saturated rings. The van der Waals surface area contributed by atoms with Crippen LogP contribution in [0.15, 0.2) is 48.5 Å². The minimum atomic E-state index is -0.576. The fraction of sp³-hybridized carbons (Fsp3) is 0.300. The lowest BCUT2D eigenvalue weighted by atomic mass is 10.0. The molecule has 2 aromatic carbocycles. The molecule has 0 heterocycles. The second-order valence-electron chi connectivity index (χ2n) is 5.76. The molecule has 0 aliphatic rings. The zero-order valence-corrected chi connectivity index (χ0v) is 14.8. The van der Waals surface area contributed by atoms with Crippen LogP contribution in [0.2, 0.25) is 0 Å². The average molecular weight is 359 g/mol. The summed E-state index contributed by atoms with van der Waals surface area (Å²) in [4.78, 5) is 24.0. The van der Waals surface area contributed by atoms with Crippen molar-refractivity contribution in [3.05, 3.63) is 65.5 Å². The number of hydrogen-bond acceptors (Lipinski definition) is 4. The topological polar surface area (TPSA) is 64.6 Å². The molecule has 0 aliphatic heterocycles. The molecular formula is C20H22FNO4. The number of ether oxygens (including phenoxy) is 2. The number of carbonyl (C=O) groups excluding carboxylic acids is 2. The summed E-state index contributed by atoms with van der Waals surface area (Å²) in [6, 6.07) is 12.6. The number of halogens is 1. The highest BCUT2D eigenvalue weighted by atomic mass is 19.1. The molecular weight excluding hydrogens is 337 g/mol. The van der Waals surface area contributed by atoms with E-state index in [1.54, 1.807) is 19.2 Å². The molecule has 138 valence electrons. The maximum Gasteiger partial charge on any atom is 0.307 e. The predicted molar refractivity (Wildman–Crippen MR) is 95.2 cm³/mol. The van der Waals surface area contributed by atoms with Crippen molar-refractivity contribution in [2.24, 2.45) is 0 Å². The summed E-state index contributed by atoms with van der Waals surface area (Å²) in [5.41, 5.74) is 1.57. The smallest absolute Gasteiger partial charge is 0.307 e. The average Bonchev–Trinajstić information content (AvgIpc) is 2.66. The monoisotopic (exact) mass is 359 g/mol. The van der Waals surface area contributed by atoms with Crippen molar-refractivity contribution in [3.8, 4) is 5.75 Å². The van der Waals surface area contributed by atoms with Crippen molar-refractivity contribution >= 4 is 11.9 Å². The van der Waals surface area contributed by atoms with Gasteiger partial charge >= 0.3 is 5.97 Å². The van der Waals surface area contributed by atoms with E-state index >= 15 is 0 Å². The molecule has 0 radical (unpaired) electrons. The number of amides is 1. The first-order chi connectivity index (χ1) is 12.5. The van der Waals surface area contributed by atoms with Crippen molar-refractivity contribution in [2.75, 3.05) is 14.2 Å². The third-order valence-electron chi connectivity index (χ3n) is 4.02. The molecule has 1 unspecified atom stereocenters. The van der Waals surface area contributed by atoms with Gasteiger partial charge in [0.15, 0.2) is 0 Å². The minimum absolute atomic E-state index is 0.0253. The summed E-state index contributed by atoms with van der Waals surface area (Å²) in [6.07, 6.45) is 0.714. The van der Waals surface area contributed by atoms with Crippen LogP contribution in [0.25, 0.3) is 0 Å². The van der Waals surface area contributed by atoms with Crippen molar-refractivity contribution in [1.29, 1.82) is 0 Å². The van der Waals surface area contributed by atoms with E-state index in [4.69, 9.17) is 4.74 Å². The van der Waals surface area contributed by atoms with Gasteiger partial charge in [0, 0.05) is 6.42 Å². The number of carbonyl (C=O) groups is 2. The van der Waals surface area contributed by atoms with E-state index in [0.29, 0.717) is 12.0 Å². The van der Waals surface area contributed by atoms with Gasteiger partial charge in [-0.05, 0) is 35.7 Å². The molecule has 0 saturated heterocycles. The highest BCUT2D eigenvalue weighted by Crippen LogP contribution is 2.21. The van der Waals surface area contributed by atoms with Crippen LogP contribution in [0.1, 0.15) is 30.0 Å². The molecule has 6 heteroatoms. The fourth-order valence-corrected chi connectivity index (χ4v) is 2.62. The SMILES string of the molecule is COC(=O)CC(NC(=O)CCc1ccccc1OC)c1ccc(F)cc1. The molecule has 0 bridgehead atoms. The Morgan fingerprint density at radius 1 is 1.08 bits per heavy atom. The number of rotatable bonds is 8. The van der Waals surface area contributed by atoms with Gasteiger partial charge in [-0.15, -0.1) is 0 Å². The van der Waals surface area contributed by atoms with Crippen LogP contribution >= 0.6 is 0 Å². The Balaban J connectivity index is 2.03. The first-order valence-corrected chi connectivity index (χ1v) is 8.27. The van der Waals surface area contributed by atoms with Gasteiger partial charge in [0.05, 0.1) is 26.7 Å². The van der Waals surface area contributed by atoms with E-state index in [9.17, 15) is 14.0 Å². The second kappa shape index (κ2) is 9.56. The molecule has 0 aromatic heterocycles. The van der Waals surface area contributed by atoms with E-state index in [0.717, 1.165) is 11.3 Å². The van der Waals surface area contributed by atoms with Crippen LogP contribution in [0.5, 0.6) is 5.75 Å². The van der Waals surface area contributed by atoms with Gasteiger partial charge in [-0.25, -0.2) is 4.39 Å². The zero-order chi connectivity index (χ0) is 18.9. The Bertz CT molecular complexity index is 746. The van der Waals surface area contributed by atoms with Gasteiger partial charge in [-0.2, -0.15) is 0 Å². The Morgan fingerprint density at radius 2 is 1.77 bits per heavy atom. The lowest BCUT2D eigenvalue weighted by Crippen LogP contribution is -2.30. The van der Waals surface area contributed by atoms with E-state index in [1.807, 2.05) is 24.3 Å². The summed E-state index contributed by atoms with van der Waals surface area (Å²) in [5, 5.41) is 2.82. The van der Waals surface area contributed by atoms with E-state index < -0.39 is 12.0 Å². The number of aryl methyl sites for hydroxylation is 1. The van der Waals surface area contributed by atoms with Crippen molar-refractivity contribution in [2.45, 2.75) is 25.3 Å². The Hall–Kier alpha value is -2.89. The second-order valence-corrected chi connectivity index (χ2v) is 5.76. The highest BCUT2D eigenvalue weighted by molar-refractivity contribution is 5.78. The molecule has 0 spiro atoms. The molecule has 2 rings (SSSR count). The van der Waals surface area contributed by atoms with Gasteiger partial charge in [0.1, 0.15) is 11.6 Å². The van der Waals surface area contributed by atoms with Crippen LogP contribution < -0.4 is 10.1 Å².